The van der Waals surface area contributed by atoms with Crippen molar-refractivity contribution in [3.05, 3.63) is 47.5 Å². The number of thiophene rings is 1. The van der Waals surface area contributed by atoms with Crippen LogP contribution >= 0.6 is 11.3 Å². The van der Waals surface area contributed by atoms with E-state index in [1.165, 1.54) is 15.6 Å². The van der Waals surface area contributed by atoms with Gasteiger partial charge in [-0.15, -0.1) is 11.3 Å². The molecule has 0 fully saturated rings. The van der Waals surface area contributed by atoms with Gasteiger partial charge in [0.1, 0.15) is 0 Å². The number of esters is 1. The van der Waals surface area contributed by atoms with E-state index in [4.69, 9.17) is 4.74 Å². The molecule has 0 aliphatic heterocycles. The van der Waals surface area contributed by atoms with Crippen molar-refractivity contribution < 1.29 is 9.53 Å². The number of hydrogen-bond acceptors (Lipinski definition) is 3. The molecule has 2 nitrogen and oxygen atoms in total. The van der Waals surface area contributed by atoms with Crippen molar-refractivity contribution in [1.29, 1.82) is 0 Å². The third-order valence-corrected chi connectivity index (χ3v) is 4.35. The molecule has 96 valence electrons. The third kappa shape index (κ3) is 1.90. The van der Waals surface area contributed by atoms with Gasteiger partial charge in [0.25, 0.3) is 0 Å². The summed E-state index contributed by atoms with van der Waals surface area (Å²) in [4.78, 5) is 12.1. The Morgan fingerprint density at radius 1 is 1.11 bits per heavy atom. The first-order valence-electron chi connectivity index (χ1n) is 6.30. The van der Waals surface area contributed by atoms with Crippen LogP contribution in [0.4, 0.5) is 0 Å². The van der Waals surface area contributed by atoms with E-state index in [0.29, 0.717) is 12.2 Å². The first-order chi connectivity index (χ1) is 9.22. The molecule has 3 aromatic rings. The molecule has 0 saturated heterocycles. The lowest BCUT2D eigenvalue weighted by Crippen LogP contribution is -2.04. The van der Waals surface area contributed by atoms with Crippen molar-refractivity contribution in [3.63, 3.8) is 0 Å². The fourth-order valence-corrected chi connectivity index (χ4v) is 3.63. The topological polar surface area (TPSA) is 26.3 Å². The number of carbonyl (C=O) groups excluding carboxylic acids is 1. The predicted octanol–water partition coefficient (Wildman–Crippen LogP) is 4.54. The molecule has 19 heavy (non-hydrogen) atoms. The van der Waals surface area contributed by atoms with Crippen molar-refractivity contribution in [2.24, 2.45) is 0 Å². The number of benzene rings is 2. The minimum absolute atomic E-state index is 0.240. The Morgan fingerprint density at radius 2 is 1.79 bits per heavy atom. The lowest BCUT2D eigenvalue weighted by atomic mass is 10.0. The van der Waals surface area contributed by atoms with E-state index in [1.54, 1.807) is 11.3 Å². The van der Waals surface area contributed by atoms with Gasteiger partial charge in [0.05, 0.1) is 12.2 Å². The van der Waals surface area contributed by atoms with Crippen molar-refractivity contribution in [2.45, 2.75) is 13.8 Å². The molecule has 1 aromatic heterocycles. The Morgan fingerprint density at radius 3 is 2.53 bits per heavy atom. The van der Waals surface area contributed by atoms with Gasteiger partial charge in [-0.1, -0.05) is 18.2 Å². The summed E-state index contributed by atoms with van der Waals surface area (Å²) in [6, 6.07) is 12.1. The number of ether oxygens (including phenoxy) is 1. The highest BCUT2D eigenvalue weighted by Gasteiger charge is 2.16. The number of carbonyl (C=O) groups is 1. The fourth-order valence-electron chi connectivity index (χ4n) is 2.42. The summed E-state index contributed by atoms with van der Waals surface area (Å²) in [5, 5.41) is 2.20. The summed E-state index contributed by atoms with van der Waals surface area (Å²) in [6.07, 6.45) is 0. The van der Waals surface area contributed by atoms with E-state index in [1.807, 2.05) is 19.1 Å². The van der Waals surface area contributed by atoms with Crippen LogP contribution in [0.15, 0.2) is 36.4 Å². The molecule has 0 saturated carbocycles. The molecule has 0 radical (unpaired) electrons. The zero-order valence-electron chi connectivity index (χ0n) is 10.9. The Labute approximate surface area is 115 Å². The van der Waals surface area contributed by atoms with E-state index in [-0.39, 0.29) is 5.97 Å². The van der Waals surface area contributed by atoms with Gasteiger partial charge in [-0.2, -0.15) is 0 Å². The maximum Gasteiger partial charge on any atom is 0.338 e. The minimum Gasteiger partial charge on any atom is -0.462 e. The molecule has 0 aliphatic carbocycles. The van der Waals surface area contributed by atoms with Crippen LogP contribution < -0.4 is 0 Å². The zero-order valence-corrected chi connectivity index (χ0v) is 11.7. The smallest absolute Gasteiger partial charge is 0.338 e. The molecule has 0 unspecified atom stereocenters. The number of fused-ring (bicyclic) bond motifs is 3. The van der Waals surface area contributed by atoms with Crippen LogP contribution in [-0.4, -0.2) is 12.6 Å². The second-order valence-corrected chi connectivity index (χ2v) is 5.53. The summed E-state index contributed by atoms with van der Waals surface area (Å²) < 4.78 is 7.51. The van der Waals surface area contributed by atoms with Crippen LogP contribution in [0, 0.1) is 6.92 Å². The molecule has 0 bridgehead atoms. The summed E-state index contributed by atoms with van der Waals surface area (Å²) >= 11 is 1.72. The highest BCUT2D eigenvalue weighted by atomic mass is 32.1. The maximum absolute atomic E-state index is 12.1. The molecule has 0 aliphatic rings. The van der Waals surface area contributed by atoms with E-state index < -0.39 is 0 Å². The lowest BCUT2D eigenvalue weighted by Gasteiger charge is -2.04. The molecule has 1 heterocycles. The Kier molecular flexibility index (Phi) is 2.99. The number of hydrogen-bond donors (Lipinski definition) is 0. The largest absolute Gasteiger partial charge is 0.462 e. The van der Waals surface area contributed by atoms with Gasteiger partial charge in [0.15, 0.2) is 0 Å². The van der Waals surface area contributed by atoms with Crippen molar-refractivity contribution in [3.8, 4) is 0 Å². The molecule has 2 aromatic carbocycles. The molecule has 3 heteroatoms. The van der Waals surface area contributed by atoms with Gasteiger partial charge in [0.2, 0.25) is 0 Å². The standard InChI is InChI=1S/C16H14O2S/c1-3-18-16(17)11-7-5-9-13-15(11)14-10(2)6-4-8-12(14)19-13/h4-9H,3H2,1-2H3. The molecule has 0 atom stereocenters. The summed E-state index contributed by atoms with van der Waals surface area (Å²) in [6.45, 7) is 4.31. The Balaban J connectivity index is 2.40. The van der Waals surface area contributed by atoms with Crippen LogP contribution in [0.5, 0.6) is 0 Å². The summed E-state index contributed by atoms with van der Waals surface area (Å²) in [5.74, 6) is -0.240. The van der Waals surface area contributed by atoms with Crippen LogP contribution in [0.3, 0.4) is 0 Å². The van der Waals surface area contributed by atoms with Crippen molar-refractivity contribution >= 4 is 37.5 Å². The first kappa shape index (κ1) is 12.2. The van der Waals surface area contributed by atoms with Crippen molar-refractivity contribution in [2.75, 3.05) is 6.61 Å². The molecule has 0 N–H and O–H groups in total. The van der Waals surface area contributed by atoms with E-state index in [2.05, 4.69) is 31.2 Å². The lowest BCUT2D eigenvalue weighted by molar-refractivity contribution is 0.0529. The number of rotatable bonds is 2. The van der Waals surface area contributed by atoms with Crippen LogP contribution in [-0.2, 0) is 4.74 Å². The SMILES string of the molecule is CCOC(=O)c1cccc2sc3cccc(C)c3c12. The van der Waals surface area contributed by atoms with E-state index >= 15 is 0 Å². The van der Waals surface area contributed by atoms with E-state index in [0.717, 1.165) is 10.1 Å². The Bertz CT molecular complexity index is 771. The zero-order chi connectivity index (χ0) is 13.4. The first-order valence-corrected chi connectivity index (χ1v) is 7.12. The predicted molar refractivity (Wildman–Crippen MR) is 80.0 cm³/mol. The quantitative estimate of drug-likeness (QED) is 0.639. The summed E-state index contributed by atoms with van der Waals surface area (Å²) in [7, 11) is 0. The fraction of sp³-hybridized carbons (Fsp3) is 0.188. The van der Waals surface area contributed by atoms with Gasteiger partial charge >= 0.3 is 5.97 Å². The second-order valence-electron chi connectivity index (χ2n) is 4.45. The molecule has 0 spiro atoms. The highest BCUT2D eigenvalue weighted by molar-refractivity contribution is 7.25. The van der Waals surface area contributed by atoms with Crippen LogP contribution in [0.1, 0.15) is 22.8 Å². The normalized spacial score (nSPS) is 11.1. The average molecular weight is 270 g/mol. The van der Waals surface area contributed by atoms with Gasteiger partial charge in [-0.3, -0.25) is 0 Å². The van der Waals surface area contributed by atoms with Gasteiger partial charge in [-0.25, -0.2) is 4.79 Å². The molecule has 3 rings (SSSR count). The Hall–Kier alpha value is -1.87. The van der Waals surface area contributed by atoms with Crippen molar-refractivity contribution in [1.82, 2.24) is 0 Å². The maximum atomic E-state index is 12.1. The molecular formula is C16H14O2S. The van der Waals surface area contributed by atoms with E-state index in [9.17, 15) is 4.79 Å². The monoisotopic (exact) mass is 270 g/mol. The highest BCUT2D eigenvalue weighted by Crippen LogP contribution is 2.37. The molecular weight excluding hydrogens is 256 g/mol. The van der Waals surface area contributed by atoms with Crippen LogP contribution in [0.25, 0.3) is 20.2 Å². The van der Waals surface area contributed by atoms with Gasteiger partial charge < -0.3 is 4.74 Å². The minimum atomic E-state index is -0.240. The van der Waals surface area contributed by atoms with Crippen LogP contribution in [0.2, 0.25) is 0 Å². The average Bonchev–Trinajstić information content (AvgIpc) is 2.78. The number of aryl methyl sites for hydroxylation is 1. The van der Waals surface area contributed by atoms with Gasteiger partial charge in [0, 0.05) is 20.2 Å². The summed E-state index contributed by atoms with van der Waals surface area (Å²) in [5.41, 5.74) is 1.86. The third-order valence-electron chi connectivity index (χ3n) is 3.23. The molecule has 0 amide bonds. The second kappa shape index (κ2) is 4.67. The van der Waals surface area contributed by atoms with Gasteiger partial charge in [-0.05, 0) is 37.6 Å².